The van der Waals surface area contributed by atoms with E-state index < -0.39 is 41.6 Å². The second kappa shape index (κ2) is 12.5. The number of rotatable bonds is 10. The molecule has 0 amide bonds. The van der Waals surface area contributed by atoms with Crippen LogP contribution in [0.25, 0.3) is 21.5 Å². The Labute approximate surface area is 290 Å². The molecule has 2 aliphatic heterocycles. The highest BCUT2D eigenvalue weighted by atomic mass is 32.2. The van der Waals surface area contributed by atoms with Crippen LogP contribution in [0.15, 0.2) is 96.7 Å². The van der Waals surface area contributed by atoms with Gasteiger partial charge in [0.15, 0.2) is 12.3 Å². The van der Waals surface area contributed by atoms with Gasteiger partial charge in [0.1, 0.15) is 0 Å². The minimum Gasteiger partial charge on any atom is -0.748 e. The fourth-order valence-electron chi connectivity index (χ4n) is 7.69. The molecule has 2 aliphatic rings. The normalized spacial score (nSPS) is 19.3. The Morgan fingerprint density at radius 1 is 0.735 bits per heavy atom. The van der Waals surface area contributed by atoms with Gasteiger partial charge in [-0.3, -0.25) is 0 Å². The maximum absolute atomic E-state index is 11.8. The summed E-state index contributed by atoms with van der Waals surface area (Å²) >= 11 is 0. The van der Waals surface area contributed by atoms with E-state index in [2.05, 4.69) is 97.9 Å². The van der Waals surface area contributed by atoms with E-state index in [-0.39, 0.29) is 12.8 Å². The molecule has 0 saturated carbocycles. The van der Waals surface area contributed by atoms with E-state index in [1.165, 1.54) is 13.8 Å². The predicted octanol–water partition coefficient (Wildman–Crippen LogP) is 7.25. The molecule has 4 aromatic carbocycles. The van der Waals surface area contributed by atoms with Crippen molar-refractivity contribution in [2.75, 3.05) is 18.0 Å². The SMILES string of the molecule is CC(CCN1/C(=C/C=C/C2=[N+](CCC(C)S(=O)(=O)[O-])c3ccc4ccccc4c3C2(C)C)C(C)(C)c2c1ccc1ccccc21)S(=O)(=O)[O-]. The number of anilines is 1. The molecule has 2 heterocycles. The van der Waals surface area contributed by atoms with E-state index in [0.717, 1.165) is 55.5 Å². The zero-order chi connectivity index (χ0) is 35.5. The quantitative estimate of drug-likeness (QED) is 0.126. The van der Waals surface area contributed by atoms with Crippen LogP contribution in [0.3, 0.4) is 0 Å². The number of hydrogen-bond donors (Lipinski definition) is 0. The van der Waals surface area contributed by atoms with Crippen LogP contribution in [-0.4, -0.2) is 59.8 Å². The summed E-state index contributed by atoms with van der Waals surface area (Å²) in [5, 5.41) is 2.39. The third-order valence-corrected chi connectivity index (χ3v) is 13.0. The van der Waals surface area contributed by atoms with E-state index in [1.807, 2.05) is 30.3 Å². The lowest BCUT2D eigenvalue weighted by Crippen LogP contribution is -2.30. The van der Waals surface area contributed by atoms with Gasteiger partial charge in [-0.1, -0.05) is 74.5 Å². The predicted molar refractivity (Wildman–Crippen MR) is 196 cm³/mol. The number of allylic oxidation sites excluding steroid dienone is 4. The van der Waals surface area contributed by atoms with E-state index in [4.69, 9.17) is 0 Å². The van der Waals surface area contributed by atoms with E-state index in [0.29, 0.717) is 13.1 Å². The zero-order valence-corrected chi connectivity index (χ0v) is 30.4. The molecular weight excluding hydrogens is 657 g/mol. The highest BCUT2D eigenvalue weighted by molar-refractivity contribution is 7.86. The zero-order valence-electron chi connectivity index (χ0n) is 28.8. The number of nitrogens with zero attached hydrogens (tertiary/aromatic N) is 2. The summed E-state index contributed by atoms with van der Waals surface area (Å²) in [6.45, 7) is 12.3. The third kappa shape index (κ3) is 6.24. The Kier molecular flexibility index (Phi) is 8.93. The number of hydrogen-bond acceptors (Lipinski definition) is 7. The van der Waals surface area contributed by atoms with Gasteiger partial charge >= 0.3 is 0 Å². The Bertz CT molecular complexity index is 2280. The summed E-state index contributed by atoms with van der Waals surface area (Å²) < 4.78 is 73.2. The molecule has 0 fully saturated rings. The largest absolute Gasteiger partial charge is 0.748 e. The lowest BCUT2D eigenvalue weighted by molar-refractivity contribution is -0.438. The molecule has 4 aromatic rings. The highest BCUT2D eigenvalue weighted by Crippen LogP contribution is 2.51. The molecule has 8 nitrogen and oxygen atoms in total. The molecule has 0 radical (unpaired) electrons. The van der Waals surface area contributed by atoms with Crippen LogP contribution in [0.5, 0.6) is 0 Å². The molecule has 0 aliphatic carbocycles. The summed E-state index contributed by atoms with van der Waals surface area (Å²) in [4.78, 5) is 2.14. The minimum atomic E-state index is -4.44. The van der Waals surface area contributed by atoms with Crippen molar-refractivity contribution in [3.8, 4) is 0 Å². The van der Waals surface area contributed by atoms with Gasteiger partial charge in [-0.15, -0.1) is 0 Å². The summed E-state index contributed by atoms with van der Waals surface area (Å²) in [6.07, 6.45) is 6.50. The van der Waals surface area contributed by atoms with Crippen molar-refractivity contribution in [1.29, 1.82) is 0 Å². The van der Waals surface area contributed by atoms with Gasteiger partial charge in [0.25, 0.3) is 0 Å². The molecule has 6 rings (SSSR count). The standard InChI is InChI=1S/C39H44N2O6S2/c1-26(48(42,43)44)22-24-40-32-20-18-28-12-7-9-14-30(28)36(32)38(3,4)34(40)16-11-17-35-39(5,6)37-31-15-10-8-13-29(31)19-21-33(37)41(35)25-23-27(2)49(45,46)47/h7-21,26-27H,22-25H2,1-6H3,(H-,42,43,44,45,46,47)/p-1. The Balaban J connectivity index is 1.47. The molecule has 0 bridgehead atoms. The second-order valence-corrected chi connectivity index (χ2v) is 18.0. The average Bonchev–Trinajstić information content (AvgIpc) is 3.39. The van der Waals surface area contributed by atoms with E-state index in [1.54, 1.807) is 0 Å². The van der Waals surface area contributed by atoms with E-state index in [9.17, 15) is 25.9 Å². The first-order valence-electron chi connectivity index (χ1n) is 16.7. The monoisotopic (exact) mass is 699 g/mol. The summed E-state index contributed by atoms with van der Waals surface area (Å²) in [6, 6.07) is 24.7. The molecule has 49 heavy (non-hydrogen) atoms. The molecule has 0 saturated heterocycles. The summed E-state index contributed by atoms with van der Waals surface area (Å²) in [5.74, 6) is 0. The summed E-state index contributed by atoms with van der Waals surface area (Å²) in [7, 11) is -8.88. The first-order chi connectivity index (χ1) is 22.9. The van der Waals surface area contributed by atoms with Gasteiger partial charge in [0, 0.05) is 52.7 Å². The van der Waals surface area contributed by atoms with Gasteiger partial charge in [-0.05, 0) is 79.4 Å². The fraction of sp³-hybridized carbons (Fsp3) is 0.359. The number of fused-ring (bicyclic) bond motifs is 6. The first kappa shape index (κ1) is 35.0. The third-order valence-electron chi connectivity index (χ3n) is 10.5. The van der Waals surface area contributed by atoms with Crippen LogP contribution in [0.4, 0.5) is 11.4 Å². The molecule has 0 aromatic heterocycles. The van der Waals surface area contributed by atoms with Gasteiger partial charge in [-0.25, -0.2) is 16.8 Å². The molecule has 10 heteroatoms. The maximum atomic E-state index is 11.8. The summed E-state index contributed by atoms with van der Waals surface area (Å²) in [5.41, 5.74) is 5.31. The van der Waals surface area contributed by atoms with E-state index >= 15 is 0 Å². The van der Waals surface area contributed by atoms with Crippen molar-refractivity contribution in [3.63, 3.8) is 0 Å². The molecule has 2 atom stereocenters. The van der Waals surface area contributed by atoms with Gasteiger partial charge in [-0.2, -0.15) is 4.58 Å². The van der Waals surface area contributed by atoms with Crippen molar-refractivity contribution in [2.24, 2.45) is 0 Å². The van der Waals surface area contributed by atoms with Crippen molar-refractivity contribution in [3.05, 3.63) is 108 Å². The van der Waals surface area contributed by atoms with Crippen molar-refractivity contribution >= 4 is 58.9 Å². The molecule has 0 spiro atoms. The van der Waals surface area contributed by atoms with Crippen LogP contribution in [0.1, 0.15) is 65.5 Å². The lowest BCUT2D eigenvalue weighted by atomic mass is 9.79. The molecule has 0 N–H and O–H groups in total. The van der Waals surface area contributed by atoms with Crippen LogP contribution in [0.2, 0.25) is 0 Å². The van der Waals surface area contributed by atoms with Crippen LogP contribution < -0.4 is 4.90 Å². The topological polar surface area (TPSA) is 121 Å². The van der Waals surface area contributed by atoms with Crippen LogP contribution in [0, 0.1) is 0 Å². The molecule has 258 valence electrons. The van der Waals surface area contributed by atoms with Gasteiger partial charge in [0.05, 0.1) is 30.9 Å². The fourth-order valence-corrected chi connectivity index (χ4v) is 8.48. The minimum absolute atomic E-state index is 0.177. The smallest absolute Gasteiger partial charge is 0.210 e. The van der Waals surface area contributed by atoms with Crippen LogP contribution >= 0.6 is 0 Å². The van der Waals surface area contributed by atoms with Crippen molar-refractivity contribution in [1.82, 2.24) is 0 Å². The highest BCUT2D eigenvalue weighted by Gasteiger charge is 2.46. The molecular formula is C39H43N2O6S2-. The lowest BCUT2D eigenvalue weighted by Gasteiger charge is -2.28. The van der Waals surface area contributed by atoms with Crippen molar-refractivity contribution < 1.29 is 30.5 Å². The average molecular weight is 700 g/mol. The molecule has 2 unspecified atom stereocenters. The maximum Gasteiger partial charge on any atom is 0.210 e. The Hall–Kier alpha value is -3.83. The van der Waals surface area contributed by atoms with Crippen LogP contribution in [-0.2, 0) is 31.1 Å². The Morgan fingerprint density at radius 2 is 1.29 bits per heavy atom. The van der Waals surface area contributed by atoms with Crippen molar-refractivity contribution in [2.45, 2.75) is 75.7 Å². The Morgan fingerprint density at radius 3 is 1.90 bits per heavy atom. The first-order valence-corrected chi connectivity index (χ1v) is 19.6. The second-order valence-electron chi connectivity index (χ2n) is 14.4. The van der Waals surface area contributed by atoms with Gasteiger partial charge in [0.2, 0.25) is 5.69 Å². The van der Waals surface area contributed by atoms with Gasteiger partial charge < -0.3 is 14.0 Å². The number of benzene rings is 4.